The lowest BCUT2D eigenvalue weighted by Gasteiger charge is -2.03. The lowest BCUT2D eigenvalue weighted by atomic mass is 10.3. The van der Waals surface area contributed by atoms with E-state index in [0.29, 0.717) is 18.9 Å². The highest BCUT2D eigenvalue weighted by atomic mass is 19.1. The second-order valence-corrected chi connectivity index (χ2v) is 3.64. The van der Waals surface area contributed by atoms with Crippen molar-refractivity contribution in [1.82, 2.24) is 9.97 Å². The van der Waals surface area contributed by atoms with Crippen molar-refractivity contribution in [2.24, 2.45) is 5.73 Å². The van der Waals surface area contributed by atoms with Crippen LogP contribution in [-0.4, -0.2) is 16.5 Å². The molecule has 1 heterocycles. The number of aromatic amines is 1. The van der Waals surface area contributed by atoms with Crippen molar-refractivity contribution in [3.63, 3.8) is 0 Å². The average Bonchev–Trinajstić information content (AvgIpc) is 2.77. The van der Waals surface area contributed by atoms with Gasteiger partial charge in [-0.1, -0.05) is 0 Å². The Bertz CT molecular complexity index is 467. The Labute approximate surface area is 98.6 Å². The maximum atomic E-state index is 12.7. The van der Waals surface area contributed by atoms with E-state index in [2.05, 4.69) is 9.97 Å². The highest BCUT2D eigenvalue weighted by Crippen LogP contribution is 2.12. The van der Waals surface area contributed by atoms with Crippen LogP contribution in [0.25, 0.3) is 0 Å². The smallest absolute Gasteiger partial charge is 0.146 e. The third kappa shape index (κ3) is 3.29. The molecule has 1 aromatic carbocycles. The molecule has 2 aromatic rings. The molecule has 0 radical (unpaired) electrons. The van der Waals surface area contributed by atoms with E-state index in [9.17, 15) is 4.39 Å². The van der Waals surface area contributed by atoms with E-state index in [1.807, 2.05) is 0 Å². The number of ether oxygens (including phenoxy) is 1. The first kappa shape index (κ1) is 11.6. The minimum absolute atomic E-state index is 0.277. The summed E-state index contributed by atoms with van der Waals surface area (Å²) in [6.07, 6.45) is 2.51. The van der Waals surface area contributed by atoms with Crippen LogP contribution in [0, 0.1) is 5.82 Å². The summed E-state index contributed by atoms with van der Waals surface area (Å²) in [5.41, 5.74) is 6.43. The van der Waals surface area contributed by atoms with E-state index in [-0.39, 0.29) is 5.82 Å². The number of hydrogen-bond acceptors (Lipinski definition) is 3. The quantitative estimate of drug-likeness (QED) is 0.827. The first-order valence-corrected chi connectivity index (χ1v) is 5.39. The van der Waals surface area contributed by atoms with Gasteiger partial charge in [0.25, 0.3) is 0 Å². The molecule has 90 valence electrons. The topological polar surface area (TPSA) is 63.9 Å². The molecule has 0 fully saturated rings. The van der Waals surface area contributed by atoms with E-state index < -0.39 is 0 Å². The number of aromatic nitrogens is 2. The van der Waals surface area contributed by atoms with Crippen LogP contribution >= 0.6 is 0 Å². The molecule has 0 saturated heterocycles. The predicted molar refractivity (Wildman–Crippen MR) is 62.1 cm³/mol. The van der Waals surface area contributed by atoms with Gasteiger partial charge in [0.1, 0.15) is 24.0 Å². The summed E-state index contributed by atoms with van der Waals surface area (Å²) in [6, 6.07) is 5.88. The SMILES string of the molecule is NCCc1cnc(COc2ccc(F)cc2)[nH]1. The van der Waals surface area contributed by atoms with E-state index >= 15 is 0 Å². The van der Waals surface area contributed by atoms with Crippen LogP contribution in [0.15, 0.2) is 30.5 Å². The molecule has 17 heavy (non-hydrogen) atoms. The summed E-state index contributed by atoms with van der Waals surface area (Å²) in [7, 11) is 0. The first-order chi connectivity index (χ1) is 8.28. The number of halogens is 1. The number of nitrogens with one attached hydrogen (secondary N) is 1. The minimum Gasteiger partial charge on any atom is -0.486 e. The number of nitrogens with zero attached hydrogens (tertiary/aromatic N) is 1. The van der Waals surface area contributed by atoms with Crippen molar-refractivity contribution in [2.75, 3.05) is 6.54 Å². The standard InChI is InChI=1S/C12H14FN3O/c13-9-1-3-11(4-2-9)17-8-12-15-7-10(16-12)5-6-14/h1-4,7H,5-6,8,14H2,(H,15,16). The van der Waals surface area contributed by atoms with Gasteiger partial charge in [0.05, 0.1) is 0 Å². The second-order valence-electron chi connectivity index (χ2n) is 3.64. The zero-order valence-electron chi connectivity index (χ0n) is 9.32. The summed E-state index contributed by atoms with van der Waals surface area (Å²) in [6.45, 7) is 0.913. The molecule has 0 amide bonds. The molecule has 3 N–H and O–H groups in total. The molecule has 0 unspecified atom stereocenters. The molecule has 5 heteroatoms. The van der Waals surface area contributed by atoms with Gasteiger partial charge in [0, 0.05) is 18.3 Å². The molecule has 4 nitrogen and oxygen atoms in total. The van der Waals surface area contributed by atoms with Gasteiger partial charge < -0.3 is 15.5 Å². The second kappa shape index (κ2) is 5.45. The summed E-state index contributed by atoms with van der Waals surface area (Å²) in [5, 5.41) is 0. The first-order valence-electron chi connectivity index (χ1n) is 5.39. The van der Waals surface area contributed by atoms with Crippen LogP contribution in [0.4, 0.5) is 4.39 Å². The molecule has 0 aliphatic rings. The number of H-pyrrole nitrogens is 1. The maximum Gasteiger partial charge on any atom is 0.146 e. The Kier molecular flexibility index (Phi) is 3.72. The summed E-state index contributed by atoms with van der Waals surface area (Å²) < 4.78 is 18.1. The maximum absolute atomic E-state index is 12.7. The van der Waals surface area contributed by atoms with E-state index in [0.717, 1.165) is 17.9 Å². The molecule has 1 aromatic heterocycles. The Morgan fingerprint density at radius 3 is 2.76 bits per heavy atom. The van der Waals surface area contributed by atoms with Crippen molar-refractivity contribution < 1.29 is 9.13 Å². The highest BCUT2D eigenvalue weighted by Gasteiger charge is 2.01. The van der Waals surface area contributed by atoms with Crippen molar-refractivity contribution in [1.29, 1.82) is 0 Å². The van der Waals surface area contributed by atoms with Gasteiger partial charge in [-0.2, -0.15) is 0 Å². The predicted octanol–water partition coefficient (Wildman–Crippen LogP) is 1.63. The fourth-order valence-electron chi connectivity index (χ4n) is 1.44. The summed E-state index contributed by atoms with van der Waals surface area (Å²) in [5.74, 6) is 1.07. The molecular formula is C12H14FN3O. The van der Waals surface area contributed by atoms with Gasteiger partial charge in [0.15, 0.2) is 0 Å². The fraction of sp³-hybridized carbons (Fsp3) is 0.250. The van der Waals surface area contributed by atoms with Crippen LogP contribution in [0.3, 0.4) is 0 Å². The fourth-order valence-corrected chi connectivity index (χ4v) is 1.44. The zero-order chi connectivity index (χ0) is 12.1. The molecule has 0 spiro atoms. The molecule has 0 atom stereocenters. The lowest BCUT2D eigenvalue weighted by molar-refractivity contribution is 0.296. The van der Waals surface area contributed by atoms with Gasteiger partial charge in [-0.3, -0.25) is 0 Å². The van der Waals surface area contributed by atoms with Gasteiger partial charge in [-0.25, -0.2) is 9.37 Å². The zero-order valence-corrected chi connectivity index (χ0v) is 9.32. The molecule has 0 aliphatic carbocycles. The Balaban J connectivity index is 1.90. The van der Waals surface area contributed by atoms with Crippen molar-refractivity contribution in [2.45, 2.75) is 13.0 Å². The Morgan fingerprint density at radius 2 is 2.06 bits per heavy atom. The van der Waals surface area contributed by atoms with Crippen LogP contribution < -0.4 is 10.5 Å². The number of nitrogens with two attached hydrogens (primary N) is 1. The van der Waals surface area contributed by atoms with Crippen LogP contribution in [0.1, 0.15) is 11.5 Å². The highest BCUT2D eigenvalue weighted by molar-refractivity contribution is 5.22. The van der Waals surface area contributed by atoms with Crippen molar-refractivity contribution in [3.05, 3.63) is 47.8 Å². The Hall–Kier alpha value is -1.88. The third-order valence-electron chi connectivity index (χ3n) is 2.28. The normalized spacial score (nSPS) is 10.5. The van der Waals surface area contributed by atoms with E-state index in [1.165, 1.54) is 12.1 Å². The largest absolute Gasteiger partial charge is 0.486 e. The van der Waals surface area contributed by atoms with Gasteiger partial charge in [-0.05, 0) is 30.8 Å². The third-order valence-corrected chi connectivity index (χ3v) is 2.28. The number of rotatable bonds is 5. The summed E-state index contributed by atoms with van der Waals surface area (Å²) >= 11 is 0. The van der Waals surface area contributed by atoms with E-state index in [4.69, 9.17) is 10.5 Å². The van der Waals surface area contributed by atoms with Crippen molar-refractivity contribution >= 4 is 0 Å². The van der Waals surface area contributed by atoms with Gasteiger partial charge >= 0.3 is 0 Å². The van der Waals surface area contributed by atoms with Gasteiger partial charge in [-0.15, -0.1) is 0 Å². The Morgan fingerprint density at radius 1 is 1.29 bits per heavy atom. The summed E-state index contributed by atoms with van der Waals surface area (Å²) in [4.78, 5) is 7.26. The van der Waals surface area contributed by atoms with Crippen LogP contribution in [-0.2, 0) is 13.0 Å². The average molecular weight is 235 g/mol. The minimum atomic E-state index is -0.277. The lowest BCUT2D eigenvalue weighted by Crippen LogP contribution is -2.03. The van der Waals surface area contributed by atoms with Crippen molar-refractivity contribution in [3.8, 4) is 5.75 Å². The number of benzene rings is 1. The van der Waals surface area contributed by atoms with E-state index in [1.54, 1.807) is 18.3 Å². The molecule has 0 bridgehead atoms. The van der Waals surface area contributed by atoms with Crippen LogP contribution in [0.2, 0.25) is 0 Å². The molecule has 2 rings (SSSR count). The molecule has 0 aliphatic heterocycles. The molecular weight excluding hydrogens is 221 g/mol. The van der Waals surface area contributed by atoms with Crippen LogP contribution in [0.5, 0.6) is 5.75 Å². The molecule has 0 saturated carbocycles. The number of imidazole rings is 1. The van der Waals surface area contributed by atoms with Gasteiger partial charge in [0.2, 0.25) is 0 Å². The number of hydrogen-bond donors (Lipinski definition) is 2. The monoisotopic (exact) mass is 235 g/mol.